The van der Waals surface area contributed by atoms with Gasteiger partial charge in [0.2, 0.25) is 5.82 Å². The van der Waals surface area contributed by atoms with Crippen molar-refractivity contribution in [3.8, 4) is 22.9 Å². The number of nitrogens with zero attached hydrogens (tertiary/aromatic N) is 3. The van der Waals surface area contributed by atoms with E-state index in [1.54, 1.807) is 24.3 Å². The fourth-order valence-corrected chi connectivity index (χ4v) is 4.61. The number of hydrogen-bond acceptors (Lipinski definition) is 5. The lowest BCUT2D eigenvalue weighted by Crippen LogP contribution is -2.20. The van der Waals surface area contributed by atoms with E-state index >= 15 is 0 Å². The van der Waals surface area contributed by atoms with E-state index in [9.17, 15) is 4.79 Å². The van der Waals surface area contributed by atoms with Crippen LogP contribution in [-0.2, 0) is 0 Å². The van der Waals surface area contributed by atoms with Gasteiger partial charge in [-0.05, 0) is 73.2 Å². The van der Waals surface area contributed by atoms with Crippen molar-refractivity contribution >= 4 is 55.6 Å². The first-order valence-electron chi connectivity index (χ1n) is 11.1. The van der Waals surface area contributed by atoms with Crippen molar-refractivity contribution < 1.29 is 8.83 Å². The maximum Gasteiger partial charge on any atom is 0.282 e. The molecule has 176 valence electrons. The lowest BCUT2D eigenvalue weighted by molar-refractivity contribution is 0.573. The van der Waals surface area contributed by atoms with Crippen molar-refractivity contribution in [1.29, 1.82) is 0 Å². The second kappa shape index (κ2) is 8.93. The zero-order valence-corrected chi connectivity index (χ0v) is 21.2. The first kappa shape index (κ1) is 22.5. The van der Waals surface area contributed by atoms with Crippen molar-refractivity contribution in [2.24, 2.45) is 5.10 Å². The van der Waals surface area contributed by atoms with Crippen LogP contribution >= 0.6 is 27.5 Å². The molecule has 3 aromatic heterocycles. The topological polar surface area (TPSA) is 73.5 Å². The molecule has 3 heterocycles. The molecule has 0 spiro atoms. The molecule has 0 amide bonds. The lowest BCUT2D eigenvalue weighted by Gasteiger charge is -2.07. The summed E-state index contributed by atoms with van der Waals surface area (Å²) < 4.78 is 14.2. The molecule has 36 heavy (non-hydrogen) atoms. The van der Waals surface area contributed by atoms with Crippen LogP contribution in [0.1, 0.15) is 11.3 Å². The summed E-state index contributed by atoms with van der Waals surface area (Å²) in [6.07, 6.45) is 1.49. The summed E-state index contributed by atoms with van der Waals surface area (Å²) in [5.41, 5.74) is 2.85. The highest BCUT2D eigenvalue weighted by Gasteiger charge is 2.17. The van der Waals surface area contributed by atoms with Gasteiger partial charge in [-0.1, -0.05) is 45.7 Å². The van der Waals surface area contributed by atoms with Gasteiger partial charge in [0, 0.05) is 20.4 Å². The molecule has 0 saturated heterocycles. The number of benzene rings is 3. The third-order valence-electron chi connectivity index (χ3n) is 5.84. The van der Waals surface area contributed by atoms with Gasteiger partial charge in [-0.2, -0.15) is 9.78 Å². The summed E-state index contributed by atoms with van der Waals surface area (Å²) in [5.74, 6) is 1.85. The van der Waals surface area contributed by atoms with Crippen LogP contribution in [0.25, 0.3) is 44.8 Å². The van der Waals surface area contributed by atoms with Crippen LogP contribution in [0.15, 0.2) is 102 Å². The number of para-hydroxylation sites is 1. The minimum Gasteiger partial charge on any atom is -0.455 e. The standard InChI is InChI=1S/C28H17BrClN3O3/c1-16-6-8-19(30)14-22(16)25-11-9-20(35-25)15-31-33-27(32-23-5-3-2-4-21(23)28(33)34)26-13-17-12-18(29)7-10-24(17)36-26/h2-15H,1H3. The average molecular weight is 559 g/mol. The minimum atomic E-state index is -0.314. The Morgan fingerprint density at radius 2 is 1.83 bits per heavy atom. The summed E-state index contributed by atoms with van der Waals surface area (Å²) in [6.45, 7) is 1.99. The first-order valence-corrected chi connectivity index (χ1v) is 12.3. The molecule has 0 aliphatic carbocycles. The molecule has 0 N–H and O–H groups in total. The Hall–Kier alpha value is -3.94. The molecule has 3 aromatic carbocycles. The number of fused-ring (bicyclic) bond motifs is 2. The van der Waals surface area contributed by atoms with Crippen molar-refractivity contribution in [3.05, 3.63) is 110 Å². The normalized spacial score (nSPS) is 11.8. The minimum absolute atomic E-state index is 0.291. The molecule has 6 nitrogen and oxygen atoms in total. The second-order valence-corrected chi connectivity index (χ2v) is 9.62. The van der Waals surface area contributed by atoms with Gasteiger partial charge < -0.3 is 8.83 Å². The zero-order valence-electron chi connectivity index (χ0n) is 18.9. The molecule has 0 unspecified atom stereocenters. The molecule has 0 aliphatic rings. The quantitative estimate of drug-likeness (QED) is 0.208. The predicted octanol–water partition coefficient (Wildman–Crippen LogP) is 7.68. The molecule has 0 saturated carbocycles. The van der Waals surface area contributed by atoms with Crippen LogP contribution in [0.3, 0.4) is 0 Å². The second-order valence-electron chi connectivity index (χ2n) is 8.27. The Kier molecular flexibility index (Phi) is 5.59. The van der Waals surface area contributed by atoms with E-state index in [4.69, 9.17) is 25.4 Å². The summed E-state index contributed by atoms with van der Waals surface area (Å²) in [6, 6.07) is 23.9. The van der Waals surface area contributed by atoms with E-state index in [1.165, 1.54) is 10.9 Å². The molecule has 6 aromatic rings. The molecule has 0 aliphatic heterocycles. The number of hydrogen-bond donors (Lipinski definition) is 0. The van der Waals surface area contributed by atoms with E-state index in [0.717, 1.165) is 21.0 Å². The molecular formula is C28H17BrClN3O3. The fraction of sp³-hybridized carbons (Fsp3) is 0.0357. The number of furan rings is 2. The Balaban J connectivity index is 1.47. The summed E-state index contributed by atoms with van der Waals surface area (Å²) in [4.78, 5) is 18.1. The molecule has 8 heteroatoms. The molecule has 0 atom stereocenters. The number of aryl methyl sites for hydroxylation is 1. The predicted molar refractivity (Wildman–Crippen MR) is 146 cm³/mol. The maximum atomic E-state index is 13.4. The average Bonchev–Trinajstić information content (AvgIpc) is 3.52. The largest absolute Gasteiger partial charge is 0.455 e. The van der Waals surface area contributed by atoms with Crippen LogP contribution in [0.2, 0.25) is 5.02 Å². The van der Waals surface area contributed by atoms with Gasteiger partial charge in [0.15, 0.2) is 5.76 Å². The van der Waals surface area contributed by atoms with Crippen LogP contribution in [-0.4, -0.2) is 15.9 Å². The molecular weight excluding hydrogens is 542 g/mol. The third kappa shape index (κ3) is 4.06. The number of halogens is 2. The van der Waals surface area contributed by atoms with Gasteiger partial charge in [0.05, 0.1) is 17.1 Å². The van der Waals surface area contributed by atoms with Crippen molar-refractivity contribution in [2.45, 2.75) is 6.92 Å². The fourth-order valence-electron chi connectivity index (χ4n) is 4.06. The van der Waals surface area contributed by atoms with Gasteiger partial charge in [0.1, 0.15) is 17.1 Å². The Morgan fingerprint density at radius 3 is 2.72 bits per heavy atom. The third-order valence-corrected chi connectivity index (χ3v) is 6.57. The molecule has 0 fully saturated rings. The molecule has 0 bridgehead atoms. The van der Waals surface area contributed by atoms with Gasteiger partial charge in [-0.15, -0.1) is 0 Å². The number of rotatable bonds is 4. The summed E-state index contributed by atoms with van der Waals surface area (Å²) in [5, 5.41) is 6.42. The van der Waals surface area contributed by atoms with Gasteiger partial charge in [-0.25, -0.2) is 4.98 Å². The Labute approximate surface area is 218 Å². The van der Waals surface area contributed by atoms with Gasteiger partial charge in [0.25, 0.3) is 5.56 Å². The maximum absolute atomic E-state index is 13.4. The molecule has 0 radical (unpaired) electrons. The van der Waals surface area contributed by atoms with E-state index < -0.39 is 0 Å². The highest BCUT2D eigenvalue weighted by molar-refractivity contribution is 9.10. The van der Waals surface area contributed by atoms with E-state index in [-0.39, 0.29) is 5.56 Å². The van der Waals surface area contributed by atoms with Crippen LogP contribution < -0.4 is 5.56 Å². The van der Waals surface area contributed by atoms with E-state index in [1.807, 2.05) is 61.5 Å². The van der Waals surface area contributed by atoms with Gasteiger partial charge in [-0.3, -0.25) is 4.79 Å². The SMILES string of the molecule is Cc1ccc(Cl)cc1-c1ccc(C=Nn2c(-c3cc4cc(Br)ccc4o3)nc3ccccc3c2=O)o1. The van der Waals surface area contributed by atoms with Crippen molar-refractivity contribution in [2.75, 3.05) is 0 Å². The molecule has 6 rings (SSSR count). The lowest BCUT2D eigenvalue weighted by atomic mass is 10.1. The number of aromatic nitrogens is 2. The van der Waals surface area contributed by atoms with Crippen LogP contribution in [0, 0.1) is 6.92 Å². The Morgan fingerprint density at radius 1 is 0.972 bits per heavy atom. The van der Waals surface area contributed by atoms with Crippen molar-refractivity contribution in [3.63, 3.8) is 0 Å². The first-order chi connectivity index (χ1) is 17.5. The highest BCUT2D eigenvalue weighted by Crippen LogP contribution is 2.30. The summed E-state index contributed by atoms with van der Waals surface area (Å²) >= 11 is 9.65. The smallest absolute Gasteiger partial charge is 0.282 e. The summed E-state index contributed by atoms with van der Waals surface area (Å²) in [7, 11) is 0. The van der Waals surface area contributed by atoms with Gasteiger partial charge >= 0.3 is 0 Å². The van der Waals surface area contributed by atoms with Crippen LogP contribution in [0.5, 0.6) is 0 Å². The van der Waals surface area contributed by atoms with Crippen LogP contribution in [0.4, 0.5) is 0 Å². The zero-order chi connectivity index (χ0) is 24.8. The monoisotopic (exact) mass is 557 g/mol. The van der Waals surface area contributed by atoms with Crippen molar-refractivity contribution in [1.82, 2.24) is 9.66 Å². The van der Waals surface area contributed by atoms with E-state index in [0.29, 0.717) is 44.6 Å². The van der Waals surface area contributed by atoms with E-state index in [2.05, 4.69) is 21.0 Å². The Bertz CT molecular complexity index is 1870. The highest BCUT2D eigenvalue weighted by atomic mass is 79.9.